The lowest BCUT2D eigenvalue weighted by atomic mass is 9.45. The number of rotatable bonds is 5. The number of aliphatic hydroxyl groups excluding tert-OH is 1. The predicted molar refractivity (Wildman–Crippen MR) is 166 cm³/mol. The highest BCUT2D eigenvalue weighted by Crippen LogP contribution is 2.67. The van der Waals surface area contributed by atoms with E-state index in [-0.39, 0.29) is 34.7 Å². The zero-order valence-electron chi connectivity index (χ0n) is 24.5. The highest BCUT2D eigenvalue weighted by atomic mass is 32.2. The number of nitrogens with zero attached hydrogens (tertiary/aromatic N) is 4. The third-order valence-corrected chi connectivity index (χ3v) is 12.5. The van der Waals surface area contributed by atoms with Gasteiger partial charge >= 0.3 is 0 Å². The van der Waals surface area contributed by atoms with Crippen molar-refractivity contribution in [3.8, 4) is 5.82 Å². The fraction of sp³-hybridized carbons (Fsp3) is 0.471. The molecule has 0 amide bonds. The number of H-pyrrole nitrogens is 1. The molecular formula is C34H37N5O3S. The van der Waals surface area contributed by atoms with Crippen molar-refractivity contribution in [3.05, 3.63) is 71.7 Å². The number of allylic oxidation sites excluding steroid dienone is 1. The zero-order valence-corrected chi connectivity index (χ0v) is 25.3. The summed E-state index contributed by atoms with van der Waals surface area (Å²) >= 11 is 1.35. The fourth-order valence-electron chi connectivity index (χ4n) is 9.56. The minimum absolute atomic E-state index is 0.0688. The lowest BCUT2D eigenvalue weighted by molar-refractivity contribution is -0.177. The summed E-state index contributed by atoms with van der Waals surface area (Å²) < 4.78 is 1.93. The van der Waals surface area contributed by atoms with Gasteiger partial charge in [0.25, 0.3) is 0 Å². The van der Waals surface area contributed by atoms with Gasteiger partial charge in [0.15, 0.2) is 16.8 Å². The molecule has 3 aromatic heterocycles. The molecule has 8 nitrogen and oxygen atoms in total. The number of imidazole rings is 1. The normalized spacial score (nSPS) is 34.7. The summed E-state index contributed by atoms with van der Waals surface area (Å²) in [5.41, 5.74) is 3.11. The Morgan fingerprint density at radius 1 is 1.16 bits per heavy atom. The van der Waals surface area contributed by atoms with Crippen LogP contribution in [0.25, 0.3) is 22.9 Å². The van der Waals surface area contributed by atoms with E-state index in [0.717, 1.165) is 48.2 Å². The first-order chi connectivity index (χ1) is 20.7. The van der Waals surface area contributed by atoms with E-state index in [1.807, 2.05) is 53.3 Å². The Morgan fingerprint density at radius 3 is 2.81 bits per heavy atom. The van der Waals surface area contributed by atoms with Gasteiger partial charge in [0, 0.05) is 11.6 Å². The van der Waals surface area contributed by atoms with Crippen LogP contribution >= 0.6 is 11.8 Å². The third-order valence-electron chi connectivity index (χ3n) is 11.6. The van der Waals surface area contributed by atoms with Crippen LogP contribution in [0.5, 0.6) is 0 Å². The maximum atomic E-state index is 13.8. The smallest absolute Gasteiger partial charge is 0.175 e. The summed E-state index contributed by atoms with van der Waals surface area (Å²) in [6.07, 6.45) is 9.83. The summed E-state index contributed by atoms with van der Waals surface area (Å²) in [6, 6.07) is 13.7. The fourth-order valence-corrected chi connectivity index (χ4v) is 10.4. The van der Waals surface area contributed by atoms with Crippen LogP contribution in [-0.4, -0.2) is 58.2 Å². The molecule has 0 radical (unpaired) electrons. The lowest BCUT2D eigenvalue weighted by Crippen LogP contribution is -2.62. The van der Waals surface area contributed by atoms with Crippen LogP contribution in [-0.2, 0) is 11.2 Å². The largest absolute Gasteiger partial charge is 0.393 e. The number of para-hydroxylation sites is 2. The highest BCUT2D eigenvalue weighted by molar-refractivity contribution is 7.99. The van der Waals surface area contributed by atoms with E-state index in [4.69, 9.17) is 5.10 Å². The Labute approximate surface area is 255 Å². The monoisotopic (exact) mass is 595 g/mol. The van der Waals surface area contributed by atoms with E-state index < -0.39 is 17.1 Å². The molecule has 0 bridgehead atoms. The zero-order chi connectivity index (χ0) is 29.6. The predicted octanol–water partition coefficient (Wildman–Crippen LogP) is 5.39. The number of benzene rings is 1. The highest BCUT2D eigenvalue weighted by Gasteiger charge is 2.68. The van der Waals surface area contributed by atoms with Gasteiger partial charge in [-0.15, -0.1) is 0 Å². The second kappa shape index (κ2) is 9.61. The number of nitrogens with one attached hydrogen (secondary N) is 1. The third kappa shape index (κ3) is 3.90. The Bertz CT molecular complexity index is 1730. The first-order valence-corrected chi connectivity index (χ1v) is 16.4. The van der Waals surface area contributed by atoms with Crippen LogP contribution in [0.4, 0.5) is 0 Å². The molecule has 6 unspecified atom stereocenters. The van der Waals surface area contributed by atoms with Crippen LogP contribution in [0.3, 0.4) is 0 Å². The number of carbonyl (C=O) groups excluding carboxylic acids is 1. The summed E-state index contributed by atoms with van der Waals surface area (Å²) in [5.74, 6) is 1.30. The molecule has 43 heavy (non-hydrogen) atoms. The Hall–Kier alpha value is -3.27. The Kier molecular flexibility index (Phi) is 6.10. The number of hydrogen-bond donors (Lipinski definition) is 3. The summed E-state index contributed by atoms with van der Waals surface area (Å²) in [4.78, 5) is 26.2. The molecule has 1 aromatic carbocycles. The van der Waals surface area contributed by atoms with Crippen molar-refractivity contribution in [1.82, 2.24) is 24.7 Å². The average Bonchev–Trinajstić information content (AvgIpc) is 3.68. The van der Waals surface area contributed by atoms with Crippen LogP contribution in [0.15, 0.2) is 65.6 Å². The number of pyridine rings is 1. The Morgan fingerprint density at radius 2 is 2.00 bits per heavy atom. The second-order valence-electron chi connectivity index (χ2n) is 13.6. The number of carbonyl (C=O) groups is 1. The van der Waals surface area contributed by atoms with Gasteiger partial charge in [-0.05, 0) is 97.6 Å². The molecule has 0 spiro atoms. The molecule has 9 heteroatoms. The number of aromatic nitrogens is 5. The lowest BCUT2D eigenvalue weighted by Gasteiger charge is -2.60. The number of thioether (sulfide) groups is 1. The molecule has 4 aromatic rings. The summed E-state index contributed by atoms with van der Waals surface area (Å²) in [7, 11) is 0. The molecule has 3 saturated carbocycles. The number of hydrogen-bond acceptors (Lipinski definition) is 7. The van der Waals surface area contributed by atoms with Crippen molar-refractivity contribution in [1.29, 1.82) is 0 Å². The summed E-state index contributed by atoms with van der Waals surface area (Å²) in [6.45, 7) is 4.39. The maximum absolute atomic E-state index is 13.8. The Balaban J connectivity index is 1.05. The van der Waals surface area contributed by atoms with E-state index in [1.54, 1.807) is 6.20 Å². The van der Waals surface area contributed by atoms with Gasteiger partial charge in [0.05, 0.1) is 34.8 Å². The van der Waals surface area contributed by atoms with E-state index in [2.05, 4.69) is 34.9 Å². The standard InChI is InChI=1S/C34H37N5O3S/c1-32-16-20-18-36-39(29-9-5-6-14-35-29)26(20)15-21(32)10-11-22-23-12-13-34(42,33(23,2)17-27(40)30(22)32)28(41)19-43-31-37-24-7-3-4-8-25(24)38-31/h3-9,14-15,18,22-23,27,30,40,42H,10-13,16-17,19H2,1-2H3,(H,37,38)/t22?,23?,27?,30?,32?,33?,34-/m0/s1. The molecular weight excluding hydrogens is 558 g/mol. The van der Waals surface area contributed by atoms with Crippen LogP contribution < -0.4 is 0 Å². The van der Waals surface area contributed by atoms with Gasteiger partial charge in [-0.3, -0.25) is 4.79 Å². The SMILES string of the molecule is CC12Cc3cnn(-c4ccccn4)c3C=C1CCC1C2C(O)CC2(C)C1CC[C@]2(O)C(=O)CSc1nc2ccccc2[nH]1. The molecule has 7 atom stereocenters. The van der Waals surface area contributed by atoms with Crippen LogP contribution in [0, 0.1) is 28.6 Å². The van der Waals surface area contributed by atoms with Crippen molar-refractivity contribution < 1.29 is 15.0 Å². The van der Waals surface area contributed by atoms with Crippen LogP contribution in [0.2, 0.25) is 0 Å². The van der Waals surface area contributed by atoms with Gasteiger partial charge in [0.1, 0.15) is 5.60 Å². The quantitative estimate of drug-likeness (QED) is 0.265. The first kappa shape index (κ1) is 27.3. The summed E-state index contributed by atoms with van der Waals surface area (Å²) in [5, 5.41) is 29.5. The van der Waals surface area contributed by atoms with Crippen molar-refractivity contribution in [2.24, 2.45) is 28.6 Å². The molecule has 8 rings (SSSR count). The van der Waals surface area contributed by atoms with Gasteiger partial charge in [-0.2, -0.15) is 5.10 Å². The number of Topliss-reactive ketones (excluding diaryl/α,β-unsaturated/α-hetero) is 1. The number of fused-ring (bicyclic) bond motifs is 7. The van der Waals surface area contributed by atoms with Crippen LogP contribution in [0.1, 0.15) is 57.2 Å². The maximum Gasteiger partial charge on any atom is 0.175 e. The minimum atomic E-state index is -1.46. The van der Waals surface area contributed by atoms with Gasteiger partial charge < -0.3 is 15.2 Å². The molecule has 4 aliphatic carbocycles. The van der Waals surface area contributed by atoms with Crippen molar-refractivity contribution in [3.63, 3.8) is 0 Å². The first-order valence-electron chi connectivity index (χ1n) is 15.4. The van der Waals surface area contributed by atoms with E-state index >= 15 is 0 Å². The second-order valence-corrected chi connectivity index (χ2v) is 14.6. The van der Waals surface area contributed by atoms with Crippen molar-refractivity contribution >= 4 is 34.7 Å². The van der Waals surface area contributed by atoms with Gasteiger partial charge in [0.2, 0.25) is 0 Å². The van der Waals surface area contributed by atoms with Gasteiger partial charge in [-0.1, -0.05) is 49.4 Å². The van der Waals surface area contributed by atoms with Crippen molar-refractivity contribution in [2.45, 2.75) is 69.2 Å². The topological polar surface area (TPSA) is 117 Å². The van der Waals surface area contributed by atoms with E-state index in [1.165, 1.54) is 22.9 Å². The van der Waals surface area contributed by atoms with E-state index in [9.17, 15) is 15.0 Å². The molecule has 222 valence electrons. The molecule has 0 saturated heterocycles. The minimum Gasteiger partial charge on any atom is -0.393 e. The molecule has 3 heterocycles. The van der Waals surface area contributed by atoms with Crippen molar-refractivity contribution in [2.75, 3.05) is 5.75 Å². The molecule has 3 N–H and O–H groups in total. The number of aliphatic hydroxyl groups is 2. The average molecular weight is 596 g/mol. The van der Waals surface area contributed by atoms with E-state index in [0.29, 0.717) is 18.0 Å². The number of ketones is 1. The molecule has 4 aliphatic rings. The van der Waals surface area contributed by atoms with Gasteiger partial charge in [-0.25, -0.2) is 14.6 Å². The molecule has 3 fully saturated rings. The molecule has 0 aliphatic heterocycles. The number of aromatic amines is 1.